The number of hydrogen-bond acceptors (Lipinski definition) is 3. The monoisotopic (exact) mass is 173 g/mol. The molecule has 0 saturated carbocycles. The fourth-order valence-electron chi connectivity index (χ4n) is 1.00. The Labute approximate surface area is 76.3 Å². The lowest BCUT2D eigenvalue weighted by molar-refractivity contribution is 0.385. The van der Waals surface area contributed by atoms with Gasteiger partial charge in [0.1, 0.15) is 0 Å². The van der Waals surface area contributed by atoms with Crippen LogP contribution in [0.5, 0.6) is 0 Å². The van der Waals surface area contributed by atoms with Gasteiger partial charge in [0, 0.05) is 13.1 Å². The number of rotatable bonds is 7. The molecule has 3 nitrogen and oxygen atoms in total. The summed E-state index contributed by atoms with van der Waals surface area (Å²) in [5.41, 5.74) is 5.57. The first-order chi connectivity index (χ1) is 5.70. The average Bonchev–Trinajstić information content (AvgIpc) is 2.04. The third-order valence-electron chi connectivity index (χ3n) is 2.08. The van der Waals surface area contributed by atoms with Gasteiger partial charge in [-0.1, -0.05) is 13.3 Å². The molecule has 0 aromatic rings. The summed E-state index contributed by atoms with van der Waals surface area (Å²) in [7, 11) is 4.17. The van der Waals surface area contributed by atoms with Crippen LogP contribution in [0.2, 0.25) is 0 Å². The topological polar surface area (TPSA) is 41.3 Å². The zero-order valence-corrected chi connectivity index (χ0v) is 8.64. The van der Waals surface area contributed by atoms with Gasteiger partial charge in [-0.05, 0) is 33.1 Å². The van der Waals surface area contributed by atoms with E-state index in [0.717, 1.165) is 26.2 Å². The van der Waals surface area contributed by atoms with Crippen molar-refractivity contribution in [3.05, 3.63) is 0 Å². The molecule has 0 aliphatic carbocycles. The predicted molar refractivity (Wildman–Crippen MR) is 54.3 cm³/mol. The summed E-state index contributed by atoms with van der Waals surface area (Å²) in [6.07, 6.45) is 1.17. The van der Waals surface area contributed by atoms with Crippen molar-refractivity contribution in [3.8, 4) is 0 Å². The highest BCUT2D eigenvalue weighted by atomic mass is 15.1. The summed E-state index contributed by atoms with van der Waals surface area (Å²) in [6, 6.07) is 0. The van der Waals surface area contributed by atoms with Crippen LogP contribution in [0.1, 0.15) is 13.3 Å². The Morgan fingerprint density at radius 3 is 2.50 bits per heavy atom. The van der Waals surface area contributed by atoms with Gasteiger partial charge in [0.25, 0.3) is 0 Å². The molecule has 0 amide bonds. The highest BCUT2D eigenvalue weighted by Gasteiger charge is 2.01. The molecule has 0 rings (SSSR count). The van der Waals surface area contributed by atoms with Gasteiger partial charge in [-0.15, -0.1) is 0 Å². The minimum absolute atomic E-state index is 0.646. The lowest BCUT2D eigenvalue weighted by Gasteiger charge is -2.14. The fraction of sp³-hybridized carbons (Fsp3) is 1.00. The largest absolute Gasteiger partial charge is 0.330 e. The average molecular weight is 173 g/mol. The van der Waals surface area contributed by atoms with Crippen LogP contribution in [-0.2, 0) is 0 Å². The molecule has 0 aliphatic heterocycles. The lowest BCUT2D eigenvalue weighted by atomic mass is 10.1. The third kappa shape index (κ3) is 6.58. The molecule has 0 fully saturated rings. The molecule has 12 heavy (non-hydrogen) atoms. The second kappa shape index (κ2) is 7.53. The van der Waals surface area contributed by atoms with E-state index >= 15 is 0 Å². The van der Waals surface area contributed by atoms with Crippen molar-refractivity contribution in [3.63, 3.8) is 0 Å². The Morgan fingerprint density at radius 2 is 2.08 bits per heavy atom. The van der Waals surface area contributed by atoms with E-state index in [0.29, 0.717) is 5.92 Å². The van der Waals surface area contributed by atoms with Crippen LogP contribution in [0.4, 0.5) is 0 Å². The van der Waals surface area contributed by atoms with Crippen LogP contribution in [0.15, 0.2) is 0 Å². The maximum Gasteiger partial charge on any atom is 0.0101 e. The molecular formula is C9H23N3. The maximum atomic E-state index is 5.57. The predicted octanol–water partition coefficient (Wildman–Crippen LogP) is 0.123. The Hall–Kier alpha value is -0.120. The lowest BCUT2D eigenvalue weighted by Crippen LogP contribution is -2.32. The number of nitrogens with two attached hydrogens (primary N) is 1. The van der Waals surface area contributed by atoms with Gasteiger partial charge >= 0.3 is 0 Å². The van der Waals surface area contributed by atoms with Crippen molar-refractivity contribution < 1.29 is 0 Å². The Bertz CT molecular complexity index is 89.8. The van der Waals surface area contributed by atoms with Crippen molar-refractivity contribution in [1.29, 1.82) is 0 Å². The number of hydrogen-bond donors (Lipinski definition) is 2. The smallest absolute Gasteiger partial charge is 0.0101 e. The maximum absolute atomic E-state index is 5.57. The fourth-order valence-corrected chi connectivity index (χ4v) is 1.00. The summed E-state index contributed by atoms with van der Waals surface area (Å²) >= 11 is 0. The standard InChI is InChI=1S/C9H23N3/c1-4-9(7-10)8-11-5-6-12(2)3/h9,11H,4-8,10H2,1-3H3. The minimum Gasteiger partial charge on any atom is -0.330 e. The Balaban J connectivity index is 3.17. The van der Waals surface area contributed by atoms with Gasteiger partial charge in [-0.25, -0.2) is 0 Å². The van der Waals surface area contributed by atoms with E-state index in [1.165, 1.54) is 6.42 Å². The molecule has 0 spiro atoms. The van der Waals surface area contributed by atoms with E-state index in [4.69, 9.17) is 5.73 Å². The zero-order valence-electron chi connectivity index (χ0n) is 8.64. The van der Waals surface area contributed by atoms with Crippen molar-refractivity contribution in [2.75, 3.05) is 40.3 Å². The van der Waals surface area contributed by atoms with Crippen molar-refractivity contribution in [2.24, 2.45) is 11.7 Å². The Kier molecular flexibility index (Phi) is 7.45. The SMILES string of the molecule is CCC(CN)CNCCN(C)C. The molecule has 0 bridgehead atoms. The first-order valence-corrected chi connectivity index (χ1v) is 4.76. The van der Waals surface area contributed by atoms with Crippen LogP contribution < -0.4 is 11.1 Å². The van der Waals surface area contributed by atoms with E-state index < -0.39 is 0 Å². The van der Waals surface area contributed by atoms with Crippen LogP contribution in [-0.4, -0.2) is 45.2 Å². The third-order valence-corrected chi connectivity index (χ3v) is 2.08. The van der Waals surface area contributed by atoms with E-state index in [1.54, 1.807) is 0 Å². The molecule has 0 aromatic carbocycles. The van der Waals surface area contributed by atoms with Gasteiger partial charge in [-0.3, -0.25) is 0 Å². The van der Waals surface area contributed by atoms with Crippen LogP contribution in [0.3, 0.4) is 0 Å². The van der Waals surface area contributed by atoms with E-state index in [-0.39, 0.29) is 0 Å². The molecule has 1 unspecified atom stereocenters. The van der Waals surface area contributed by atoms with Gasteiger partial charge in [0.05, 0.1) is 0 Å². The van der Waals surface area contributed by atoms with Gasteiger partial charge in [-0.2, -0.15) is 0 Å². The van der Waals surface area contributed by atoms with Crippen molar-refractivity contribution in [1.82, 2.24) is 10.2 Å². The summed E-state index contributed by atoms with van der Waals surface area (Å²) in [4.78, 5) is 2.18. The summed E-state index contributed by atoms with van der Waals surface area (Å²) < 4.78 is 0. The normalized spacial score (nSPS) is 13.8. The quantitative estimate of drug-likeness (QED) is 0.537. The van der Waals surface area contributed by atoms with E-state index in [1.807, 2.05) is 0 Å². The Morgan fingerprint density at radius 1 is 1.42 bits per heavy atom. The summed E-state index contributed by atoms with van der Waals surface area (Å²) in [5, 5.41) is 3.40. The summed E-state index contributed by atoms with van der Waals surface area (Å²) in [6.45, 7) is 6.20. The number of likely N-dealkylation sites (N-methyl/N-ethyl adjacent to an activating group) is 1. The summed E-state index contributed by atoms with van der Waals surface area (Å²) in [5.74, 6) is 0.646. The van der Waals surface area contributed by atoms with Crippen LogP contribution in [0.25, 0.3) is 0 Å². The van der Waals surface area contributed by atoms with Crippen molar-refractivity contribution >= 4 is 0 Å². The molecule has 0 radical (unpaired) electrons. The molecule has 0 saturated heterocycles. The first-order valence-electron chi connectivity index (χ1n) is 4.76. The second-order valence-electron chi connectivity index (χ2n) is 3.52. The number of nitrogens with zero attached hydrogens (tertiary/aromatic N) is 1. The molecule has 0 heterocycles. The molecular weight excluding hydrogens is 150 g/mol. The van der Waals surface area contributed by atoms with Gasteiger partial charge < -0.3 is 16.0 Å². The minimum atomic E-state index is 0.646. The molecule has 3 N–H and O–H groups in total. The highest BCUT2D eigenvalue weighted by Crippen LogP contribution is 1.96. The van der Waals surface area contributed by atoms with Gasteiger partial charge in [0.15, 0.2) is 0 Å². The van der Waals surface area contributed by atoms with Gasteiger partial charge in [0.2, 0.25) is 0 Å². The molecule has 1 atom stereocenters. The highest BCUT2D eigenvalue weighted by molar-refractivity contribution is 4.61. The second-order valence-corrected chi connectivity index (χ2v) is 3.52. The van der Waals surface area contributed by atoms with Crippen LogP contribution >= 0.6 is 0 Å². The van der Waals surface area contributed by atoms with Crippen molar-refractivity contribution in [2.45, 2.75) is 13.3 Å². The molecule has 0 aliphatic rings. The van der Waals surface area contributed by atoms with Crippen LogP contribution in [0, 0.1) is 5.92 Å². The number of nitrogens with one attached hydrogen (secondary N) is 1. The zero-order chi connectivity index (χ0) is 9.40. The molecule has 3 heteroatoms. The van der Waals surface area contributed by atoms with E-state index in [2.05, 4.69) is 31.2 Å². The molecule has 0 aromatic heterocycles. The van der Waals surface area contributed by atoms with E-state index in [9.17, 15) is 0 Å². The molecule has 74 valence electrons. The first kappa shape index (κ1) is 11.9.